The molecule has 1 aromatic rings. The molecule has 2 atom stereocenters. The topological polar surface area (TPSA) is 20.3 Å². The van der Waals surface area contributed by atoms with E-state index in [0.29, 0.717) is 11.8 Å². The van der Waals surface area contributed by atoms with Gasteiger partial charge in [0.2, 0.25) is 5.91 Å². The van der Waals surface area contributed by atoms with Crippen molar-refractivity contribution in [2.75, 3.05) is 13.1 Å². The predicted molar refractivity (Wildman–Crippen MR) is 65.2 cm³/mol. The van der Waals surface area contributed by atoms with Crippen LogP contribution in [0.15, 0.2) is 30.3 Å². The molecule has 1 aromatic carbocycles. The number of carbonyl (C=O) groups is 1. The van der Waals surface area contributed by atoms with Crippen LogP contribution < -0.4 is 0 Å². The number of nitrogens with zero attached hydrogens (tertiary/aromatic N) is 1. The molecule has 2 rings (SSSR count). The smallest absolute Gasteiger partial charge is 0.226 e. The largest absolute Gasteiger partial charge is 0.343 e. The van der Waals surface area contributed by atoms with Gasteiger partial charge in [0.05, 0.1) is 0 Å². The van der Waals surface area contributed by atoms with Crippen LogP contribution in [0.5, 0.6) is 0 Å². The zero-order valence-electron chi connectivity index (χ0n) is 10.0. The maximum atomic E-state index is 12.1. The van der Waals surface area contributed by atoms with E-state index >= 15 is 0 Å². The third-order valence-electron chi connectivity index (χ3n) is 3.41. The highest BCUT2D eigenvalue weighted by Gasteiger charge is 2.45. The third kappa shape index (κ3) is 2.11. The summed E-state index contributed by atoms with van der Waals surface area (Å²) in [6, 6.07) is 10.4. The van der Waals surface area contributed by atoms with Crippen LogP contribution in [0.25, 0.3) is 0 Å². The fourth-order valence-corrected chi connectivity index (χ4v) is 2.31. The van der Waals surface area contributed by atoms with Gasteiger partial charge in [-0.2, -0.15) is 0 Å². The molecule has 1 fully saturated rings. The minimum Gasteiger partial charge on any atom is -0.343 e. The van der Waals surface area contributed by atoms with Gasteiger partial charge in [0, 0.05) is 19.0 Å². The Morgan fingerprint density at radius 3 is 2.44 bits per heavy atom. The molecule has 0 aliphatic heterocycles. The Kier molecular flexibility index (Phi) is 3.28. The number of hydrogen-bond acceptors (Lipinski definition) is 1. The molecule has 0 radical (unpaired) electrons. The van der Waals surface area contributed by atoms with Gasteiger partial charge in [0.15, 0.2) is 0 Å². The summed E-state index contributed by atoms with van der Waals surface area (Å²) in [5.74, 6) is 1.04. The van der Waals surface area contributed by atoms with Crippen molar-refractivity contribution in [3.63, 3.8) is 0 Å². The molecule has 1 saturated carbocycles. The summed E-state index contributed by atoms with van der Waals surface area (Å²) in [6.07, 6.45) is 1.03. The van der Waals surface area contributed by atoms with Crippen LogP contribution in [0.1, 0.15) is 31.7 Å². The van der Waals surface area contributed by atoms with Crippen molar-refractivity contribution in [1.82, 2.24) is 4.90 Å². The van der Waals surface area contributed by atoms with E-state index in [1.54, 1.807) is 0 Å². The van der Waals surface area contributed by atoms with E-state index in [-0.39, 0.29) is 5.92 Å². The summed E-state index contributed by atoms with van der Waals surface area (Å²) in [4.78, 5) is 14.0. The summed E-state index contributed by atoms with van der Waals surface area (Å²) < 4.78 is 0. The molecular weight excluding hydrogens is 198 g/mol. The zero-order chi connectivity index (χ0) is 11.5. The third-order valence-corrected chi connectivity index (χ3v) is 3.41. The Hall–Kier alpha value is -1.31. The fourth-order valence-electron chi connectivity index (χ4n) is 2.31. The maximum Gasteiger partial charge on any atom is 0.226 e. The highest BCUT2D eigenvalue weighted by molar-refractivity contribution is 5.83. The lowest BCUT2D eigenvalue weighted by Gasteiger charge is -2.18. The second-order valence-electron chi connectivity index (χ2n) is 4.37. The van der Waals surface area contributed by atoms with Crippen molar-refractivity contribution in [2.24, 2.45) is 5.92 Å². The minimum absolute atomic E-state index is 0.238. The number of rotatable bonds is 4. The second kappa shape index (κ2) is 4.69. The normalized spacial score (nSPS) is 22.9. The summed E-state index contributed by atoms with van der Waals surface area (Å²) >= 11 is 0. The Morgan fingerprint density at radius 1 is 1.25 bits per heavy atom. The van der Waals surface area contributed by atoms with Crippen LogP contribution in [0.3, 0.4) is 0 Å². The lowest BCUT2D eigenvalue weighted by Crippen LogP contribution is -2.32. The highest BCUT2D eigenvalue weighted by atomic mass is 16.2. The van der Waals surface area contributed by atoms with Crippen molar-refractivity contribution in [3.8, 4) is 0 Å². The van der Waals surface area contributed by atoms with Crippen molar-refractivity contribution in [1.29, 1.82) is 0 Å². The zero-order valence-corrected chi connectivity index (χ0v) is 10.0. The molecule has 0 N–H and O–H groups in total. The molecule has 1 aliphatic rings. The SMILES string of the molecule is CCN(CC)C(=O)[C@@H]1C[C@@H]1c1ccccc1. The van der Waals surface area contributed by atoms with Crippen LogP contribution >= 0.6 is 0 Å². The minimum atomic E-state index is 0.238. The fraction of sp³-hybridized carbons (Fsp3) is 0.500. The molecule has 0 bridgehead atoms. The molecule has 0 saturated heterocycles. The lowest BCUT2D eigenvalue weighted by molar-refractivity contribution is -0.132. The number of benzene rings is 1. The van der Waals surface area contributed by atoms with Crippen LogP contribution in [0.2, 0.25) is 0 Å². The first-order valence-corrected chi connectivity index (χ1v) is 6.11. The molecule has 16 heavy (non-hydrogen) atoms. The van der Waals surface area contributed by atoms with Crippen molar-refractivity contribution in [2.45, 2.75) is 26.2 Å². The van der Waals surface area contributed by atoms with E-state index in [1.807, 2.05) is 36.9 Å². The highest BCUT2D eigenvalue weighted by Crippen LogP contribution is 2.48. The summed E-state index contributed by atoms with van der Waals surface area (Å²) in [7, 11) is 0. The Labute approximate surface area is 97.3 Å². The van der Waals surface area contributed by atoms with Gasteiger partial charge >= 0.3 is 0 Å². The molecule has 2 nitrogen and oxygen atoms in total. The van der Waals surface area contributed by atoms with Gasteiger partial charge in [0.25, 0.3) is 0 Å². The van der Waals surface area contributed by atoms with Crippen molar-refractivity contribution < 1.29 is 4.79 Å². The van der Waals surface area contributed by atoms with Gasteiger partial charge in [-0.05, 0) is 31.7 Å². The van der Waals surface area contributed by atoms with Gasteiger partial charge < -0.3 is 4.90 Å². The number of carbonyl (C=O) groups excluding carboxylic acids is 1. The monoisotopic (exact) mass is 217 g/mol. The molecule has 0 aromatic heterocycles. The van der Waals surface area contributed by atoms with E-state index in [4.69, 9.17) is 0 Å². The molecule has 1 aliphatic carbocycles. The van der Waals surface area contributed by atoms with E-state index < -0.39 is 0 Å². The van der Waals surface area contributed by atoms with Crippen molar-refractivity contribution >= 4 is 5.91 Å². The van der Waals surface area contributed by atoms with E-state index in [9.17, 15) is 4.79 Å². The van der Waals surface area contributed by atoms with Gasteiger partial charge in [-0.25, -0.2) is 0 Å². The van der Waals surface area contributed by atoms with E-state index in [1.165, 1.54) is 5.56 Å². The van der Waals surface area contributed by atoms with Crippen LogP contribution in [0, 0.1) is 5.92 Å². The van der Waals surface area contributed by atoms with Crippen LogP contribution in [-0.2, 0) is 4.79 Å². The standard InChI is InChI=1S/C14H19NO/c1-3-15(4-2)14(16)13-10-12(13)11-8-6-5-7-9-11/h5-9,12-13H,3-4,10H2,1-2H3/t12-,13-/m1/s1. The Bertz CT molecular complexity index is 356. The van der Waals surface area contributed by atoms with E-state index in [2.05, 4.69) is 12.1 Å². The molecule has 0 heterocycles. The Morgan fingerprint density at radius 2 is 1.88 bits per heavy atom. The first kappa shape index (κ1) is 11.2. The van der Waals surface area contributed by atoms with Crippen LogP contribution in [0.4, 0.5) is 0 Å². The summed E-state index contributed by atoms with van der Waals surface area (Å²) in [5.41, 5.74) is 1.31. The molecule has 2 heteroatoms. The average Bonchev–Trinajstić information content (AvgIpc) is 3.11. The van der Waals surface area contributed by atoms with Gasteiger partial charge in [-0.15, -0.1) is 0 Å². The van der Waals surface area contributed by atoms with Crippen molar-refractivity contribution in [3.05, 3.63) is 35.9 Å². The van der Waals surface area contributed by atoms with Gasteiger partial charge in [-0.3, -0.25) is 4.79 Å². The lowest BCUT2D eigenvalue weighted by atomic mass is 10.1. The number of amides is 1. The second-order valence-corrected chi connectivity index (χ2v) is 4.37. The molecule has 0 unspecified atom stereocenters. The maximum absolute atomic E-state index is 12.1. The van der Waals surface area contributed by atoms with Crippen LogP contribution in [-0.4, -0.2) is 23.9 Å². The molecule has 0 spiro atoms. The first-order valence-electron chi connectivity index (χ1n) is 6.11. The quantitative estimate of drug-likeness (QED) is 0.759. The predicted octanol–water partition coefficient (Wildman–Crippen LogP) is 2.66. The Balaban J connectivity index is 1.99. The molecule has 1 amide bonds. The van der Waals surface area contributed by atoms with E-state index in [0.717, 1.165) is 19.5 Å². The summed E-state index contributed by atoms with van der Waals surface area (Å²) in [5, 5.41) is 0. The first-order chi connectivity index (χ1) is 7.77. The average molecular weight is 217 g/mol. The van der Waals surface area contributed by atoms with Gasteiger partial charge in [0.1, 0.15) is 0 Å². The molecular formula is C14H19NO. The number of hydrogen-bond donors (Lipinski definition) is 0. The van der Waals surface area contributed by atoms with Gasteiger partial charge in [-0.1, -0.05) is 30.3 Å². The summed E-state index contributed by atoms with van der Waals surface area (Å²) in [6.45, 7) is 5.74. The molecule has 86 valence electrons.